The predicted octanol–water partition coefficient (Wildman–Crippen LogP) is 3.17. The molecular weight excluding hydrogens is 286 g/mol. The second-order valence-electron chi connectivity index (χ2n) is 5.57. The summed E-state index contributed by atoms with van der Waals surface area (Å²) >= 11 is 5.62. The number of hydrogen-bond donors (Lipinski definition) is 0. The zero-order valence-electron chi connectivity index (χ0n) is 12.7. The van der Waals surface area contributed by atoms with Crippen LogP contribution in [-0.2, 0) is 16.0 Å². The Kier molecular flexibility index (Phi) is 6.52. The maximum atomic E-state index is 12.3. The largest absolute Gasteiger partial charge is 0.377 e. The van der Waals surface area contributed by atoms with Crippen molar-refractivity contribution in [3.8, 4) is 0 Å². The minimum Gasteiger partial charge on any atom is -0.377 e. The van der Waals surface area contributed by atoms with Crippen LogP contribution < -0.4 is 0 Å². The highest BCUT2D eigenvalue weighted by molar-refractivity contribution is 6.17. The van der Waals surface area contributed by atoms with Crippen molar-refractivity contribution in [2.75, 3.05) is 25.6 Å². The van der Waals surface area contributed by atoms with Crippen LogP contribution >= 0.6 is 11.6 Å². The lowest BCUT2D eigenvalue weighted by atomic mass is 10.0. The number of halogens is 1. The van der Waals surface area contributed by atoms with Crippen LogP contribution in [0.25, 0.3) is 0 Å². The van der Waals surface area contributed by atoms with E-state index in [2.05, 4.69) is 19.1 Å². The number of rotatable bonds is 6. The molecule has 0 bridgehead atoms. The van der Waals surface area contributed by atoms with Gasteiger partial charge in [0.25, 0.3) is 0 Å². The summed E-state index contributed by atoms with van der Waals surface area (Å²) in [5.41, 5.74) is 2.53. The number of likely N-dealkylation sites (tertiary alicyclic amines) is 1. The minimum absolute atomic E-state index is 0.258. The fraction of sp³-hybridized carbons (Fsp3) is 0.588. The summed E-state index contributed by atoms with van der Waals surface area (Å²) in [7, 11) is 0. The fourth-order valence-electron chi connectivity index (χ4n) is 2.77. The number of alkyl halides is 1. The average molecular weight is 310 g/mol. The van der Waals surface area contributed by atoms with Gasteiger partial charge >= 0.3 is 0 Å². The SMILES string of the molecule is Cc1ccccc1CCC(=O)N1CCC(OCCCl)CC1. The number of piperidine rings is 1. The third kappa shape index (κ3) is 5.01. The normalized spacial score (nSPS) is 16.2. The molecular formula is C17H24ClNO2. The lowest BCUT2D eigenvalue weighted by Gasteiger charge is -2.32. The van der Waals surface area contributed by atoms with E-state index in [4.69, 9.17) is 16.3 Å². The summed E-state index contributed by atoms with van der Waals surface area (Å²) < 4.78 is 5.64. The van der Waals surface area contributed by atoms with Crippen LogP contribution in [0.4, 0.5) is 0 Å². The smallest absolute Gasteiger partial charge is 0.222 e. The topological polar surface area (TPSA) is 29.5 Å². The molecule has 4 heteroatoms. The second-order valence-corrected chi connectivity index (χ2v) is 5.94. The maximum Gasteiger partial charge on any atom is 0.222 e. The number of aryl methyl sites for hydroxylation is 2. The van der Waals surface area contributed by atoms with E-state index < -0.39 is 0 Å². The molecule has 0 aliphatic carbocycles. The highest BCUT2D eigenvalue weighted by Gasteiger charge is 2.22. The molecule has 1 aliphatic rings. The first kappa shape index (κ1) is 16.3. The third-order valence-electron chi connectivity index (χ3n) is 4.09. The van der Waals surface area contributed by atoms with Crippen LogP contribution in [-0.4, -0.2) is 42.5 Å². The summed E-state index contributed by atoms with van der Waals surface area (Å²) in [6.07, 6.45) is 3.54. The molecule has 0 saturated carbocycles. The Balaban J connectivity index is 1.74. The second kappa shape index (κ2) is 8.40. The number of carbonyl (C=O) groups excluding carboxylic acids is 1. The zero-order valence-corrected chi connectivity index (χ0v) is 13.4. The van der Waals surface area contributed by atoms with Crippen LogP contribution in [0.2, 0.25) is 0 Å². The highest BCUT2D eigenvalue weighted by atomic mass is 35.5. The number of carbonyl (C=O) groups is 1. The number of amides is 1. The van der Waals surface area contributed by atoms with E-state index in [9.17, 15) is 4.79 Å². The average Bonchev–Trinajstić information content (AvgIpc) is 2.52. The van der Waals surface area contributed by atoms with E-state index in [1.807, 2.05) is 17.0 Å². The Morgan fingerprint density at radius 2 is 2.05 bits per heavy atom. The van der Waals surface area contributed by atoms with E-state index in [1.54, 1.807) is 0 Å². The highest BCUT2D eigenvalue weighted by Crippen LogP contribution is 2.16. The van der Waals surface area contributed by atoms with E-state index in [-0.39, 0.29) is 12.0 Å². The van der Waals surface area contributed by atoms with Gasteiger partial charge in [0.1, 0.15) is 0 Å². The van der Waals surface area contributed by atoms with E-state index in [1.165, 1.54) is 11.1 Å². The molecule has 116 valence electrons. The van der Waals surface area contributed by atoms with Gasteiger partial charge in [-0.1, -0.05) is 24.3 Å². The van der Waals surface area contributed by atoms with Gasteiger partial charge in [-0.25, -0.2) is 0 Å². The first-order valence-electron chi connectivity index (χ1n) is 7.70. The van der Waals surface area contributed by atoms with Crippen molar-refractivity contribution in [2.24, 2.45) is 0 Å². The van der Waals surface area contributed by atoms with Crippen molar-refractivity contribution < 1.29 is 9.53 Å². The number of ether oxygens (including phenoxy) is 1. The Morgan fingerprint density at radius 1 is 1.33 bits per heavy atom. The van der Waals surface area contributed by atoms with Gasteiger partial charge in [-0.3, -0.25) is 4.79 Å². The van der Waals surface area contributed by atoms with Crippen molar-refractivity contribution in [1.82, 2.24) is 4.90 Å². The molecule has 0 spiro atoms. The monoisotopic (exact) mass is 309 g/mol. The molecule has 21 heavy (non-hydrogen) atoms. The molecule has 1 aliphatic heterocycles. The van der Waals surface area contributed by atoms with Crippen molar-refractivity contribution in [3.63, 3.8) is 0 Å². The van der Waals surface area contributed by atoms with Gasteiger partial charge in [-0.05, 0) is 37.3 Å². The zero-order chi connectivity index (χ0) is 15.1. The molecule has 1 amide bonds. The van der Waals surface area contributed by atoms with Crippen molar-refractivity contribution in [2.45, 2.75) is 38.7 Å². The lowest BCUT2D eigenvalue weighted by molar-refractivity contribution is -0.133. The molecule has 0 aromatic heterocycles. The Hall–Kier alpha value is -1.06. The van der Waals surface area contributed by atoms with Crippen LogP contribution in [0, 0.1) is 6.92 Å². The number of hydrogen-bond acceptors (Lipinski definition) is 2. The summed E-state index contributed by atoms with van der Waals surface area (Å²) in [4.78, 5) is 14.2. The van der Waals surface area contributed by atoms with Crippen LogP contribution in [0.3, 0.4) is 0 Å². The quantitative estimate of drug-likeness (QED) is 0.755. The van der Waals surface area contributed by atoms with Gasteiger partial charge < -0.3 is 9.64 Å². The minimum atomic E-state index is 0.258. The molecule has 1 aromatic carbocycles. The molecule has 0 N–H and O–H groups in total. The number of benzene rings is 1. The maximum absolute atomic E-state index is 12.3. The van der Waals surface area contributed by atoms with Crippen molar-refractivity contribution in [1.29, 1.82) is 0 Å². The first-order valence-corrected chi connectivity index (χ1v) is 8.24. The summed E-state index contributed by atoms with van der Waals surface area (Å²) in [6.45, 7) is 4.31. The van der Waals surface area contributed by atoms with E-state index in [0.29, 0.717) is 18.9 Å². The third-order valence-corrected chi connectivity index (χ3v) is 4.25. The number of nitrogens with zero attached hydrogens (tertiary/aromatic N) is 1. The van der Waals surface area contributed by atoms with Gasteiger partial charge in [0.05, 0.1) is 12.7 Å². The summed E-state index contributed by atoms with van der Waals surface area (Å²) in [5.74, 6) is 0.796. The standard InChI is InChI=1S/C17H24ClNO2/c1-14-4-2-3-5-15(14)6-7-17(20)19-11-8-16(9-12-19)21-13-10-18/h2-5,16H,6-13H2,1H3. The molecule has 1 saturated heterocycles. The van der Waals surface area contributed by atoms with Gasteiger partial charge in [-0.15, -0.1) is 11.6 Å². The Bertz CT molecular complexity index is 456. The van der Waals surface area contributed by atoms with Crippen LogP contribution in [0.1, 0.15) is 30.4 Å². The van der Waals surface area contributed by atoms with E-state index >= 15 is 0 Å². The molecule has 2 rings (SSSR count). The first-order chi connectivity index (χ1) is 10.2. The molecule has 0 atom stereocenters. The molecule has 0 unspecified atom stereocenters. The Morgan fingerprint density at radius 3 is 2.71 bits per heavy atom. The van der Waals surface area contributed by atoms with Gasteiger partial charge in [-0.2, -0.15) is 0 Å². The van der Waals surface area contributed by atoms with E-state index in [0.717, 1.165) is 32.4 Å². The van der Waals surface area contributed by atoms with Gasteiger partial charge in [0.2, 0.25) is 5.91 Å². The predicted molar refractivity (Wildman–Crippen MR) is 85.8 cm³/mol. The van der Waals surface area contributed by atoms with Crippen LogP contribution in [0.15, 0.2) is 24.3 Å². The molecule has 3 nitrogen and oxygen atoms in total. The lowest BCUT2D eigenvalue weighted by Crippen LogP contribution is -2.41. The van der Waals surface area contributed by atoms with Gasteiger partial charge in [0, 0.05) is 25.4 Å². The fourth-order valence-corrected chi connectivity index (χ4v) is 2.86. The van der Waals surface area contributed by atoms with Crippen molar-refractivity contribution >= 4 is 17.5 Å². The van der Waals surface area contributed by atoms with Crippen LogP contribution in [0.5, 0.6) is 0 Å². The Labute approximate surface area is 132 Å². The molecule has 1 aromatic rings. The summed E-state index contributed by atoms with van der Waals surface area (Å²) in [6, 6.07) is 8.27. The summed E-state index contributed by atoms with van der Waals surface area (Å²) in [5, 5.41) is 0. The molecule has 1 fully saturated rings. The molecule has 0 radical (unpaired) electrons. The van der Waals surface area contributed by atoms with Crippen molar-refractivity contribution in [3.05, 3.63) is 35.4 Å². The molecule has 1 heterocycles. The van der Waals surface area contributed by atoms with Gasteiger partial charge in [0.15, 0.2) is 0 Å².